The van der Waals surface area contributed by atoms with Crippen molar-refractivity contribution in [2.75, 3.05) is 31.6 Å². The Hall–Kier alpha value is -0.540. The lowest BCUT2D eigenvalue weighted by molar-refractivity contribution is 0.102. The molecule has 0 radical (unpaired) electrons. The van der Waals surface area contributed by atoms with Crippen LogP contribution >= 0.6 is 15.9 Å². The number of nitrogens with zero attached hydrogens (tertiary/aromatic N) is 2. The molecule has 2 fully saturated rings. The van der Waals surface area contributed by atoms with E-state index in [1.165, 1.54) is 50.1 Å². The standard InChI is InChI=1S/C16H23BrN2/c1-18-9-4-6-14-12-19(10-8-15(14)18)16-7-3-2-5-13(16)11-17/h2-3,5,7,14-15H,4,6,8-12H2,1H3. The van der Waals surface area contributed by atoms with Crippen molar-refractivity contribution in [3.8, 4) is 0 Å². The van der Waals surface area contributed by atoms with Crippen LogP contribution in [0.25, 0.3) is 0 Å². The number of anilines is 1. The van der Waals surface area contributed by atoms with Crippen LogP contribution in [0.4, 0.5) is 5.69 Å². The molecular weight excluding hydrogens is 300 g/mol. The molecule has 0 saturated carbocycles. The molecule has 0 spiro atoms. The highest BCUT2D eigenvalue weighted by Gasteiger charge is 2.34. The molecule has 2 heterocycles. The van der Waals surface area contributed by atoms with Gasteiger partial charge >= 0.3 is 0 Å². The molecule has 104 valence electrons. The number of rotatable bonds is 2. The van der Waals surface area contributed by atoms with E-state index in [9.17, 15) is 0 Å². The van der Waals surface area contributed by atoms with E-state index in [2.05, 4.69) is 57.0 Å². The number of alkyl halides is 1. The second-order valence-electron chi connectivity index (χ2n) is 5.95. The third-order valence-corrected chi connectivity index (χ3v) is 5.43. The monoisotopic (exact) mass is 322 g/mol. The number of likely N-dealkylation sites (tertiary alicyclic amines) is 1. The summed E-state index contributed by atoms with van der Waals surface area (Å²) in [6, 6.07) is 9.65. The Bertz CT molecular complexity index is 435. The molecule has 2 unspecified atom stereocenters. The number of hydrogen-bond donors (Lipinski definition) is 0. The van der Waals surface area contributed by atoms with Crippen molar-refractivity contribution in [2.24, 2.45) is 5.92 Å². The fourth-order valence-corrected chi connectivity index (χ4v) is 4.28. The minimum absolute atomic E-state index is 0.820. The summed E-state index contributed by atoms with van der Waals surface area (Å²) < 4.78 is 0. The van der Waals surface area contributed by atoms with Gasteiger partial charge in [0, 0.05) is 30.1 Å². The Morgan fingerprint density at radius 2 is 2.05 bits per heavy atom. The first-order valence-corrected chi connectivity index (χ1v) is 8.51. The van der Waals surface area contributed by atoms with E-state index in [1.54, 1.807) is 0 Å². The quantitative estimate of drug-likeness (QED) is 0.769. The second-order valence-corrected chi connectivity index (χ2v) is 6.51. The van der Waals surface area contributed by atoms with Crippen LogP contribution in [0, 0.1) is 5.92 Å². The van der Waals surface area contributed by atoms with Crippen molar-refractivity contribution in [3.05, 3.63) is 29.8 Å². The van der Waals surface area contributed by atoms with Crippen molar-refractivity contribution in [1.29, 1.82) is 0 Å². The number of para-hydroxylation sites is 1. The first kappa shape index (κ1) is 13.4. The van der Waals surface area contributed by atoms with Gasteiger partial charge in [0.15, 0.2) is 0 Å². The zero-order chi connectivity index (χ0) is 13.2. The zero-order valence-electron chi connectivity index (χ0n) is 11.7. The fraction of sp³-hybridized carbons (Fsp3) is 0.625. The summed E-state index contributed by atoms with van der Waals surface area (Å²) in [7, 11) is 2.30. The Morgan fingerprint density at radius 1 is 1.21 bits per heavy atom. The van der Waals surface area contributed by atoms with Crippen molar-refractivity contribution >= 4 is 21.6 Å². The average Bonchev–Trinajstić information content (AvgIpc) is 2.47. The van der Waals surface area contributed by atoms with E-state index in [0.29, 0.717) is 0 Å². The molecule has 0 bridgehead atoms. The molecule has 2 aliphatic rings. The third-order valence-electron chi connectivity index (χ3n) is 4.82. The molecule has 0 aromatic heterocycles. The maximum atomic E-state index is 3.62. The van der Waals surface area contributed by atoms with Crippen molar-refractivity contribution in [1.82, 2.24) is 4.90 Å². The number of benzene rings is 1. The van der Waals surface area contributed by atoms with Gasteiger partial charge in [-0.25, -0.2) is 0 Å². The van der Waals surface area contributed by atoms with Gasteiger partial charge in [-0.05, 0) is 50.4 Å². The summed E-state index contributed by atoms with van der Waals surface area (Å²) in [6.45, 7) is 3.73. The Balaban J connectivity index is 1.77. The van der Waals surface area contributed by atoms with Crippen LogP contribution in [-0.4, -0.2) is 37.6 Å². The molecule has 1 aromatic rings. The highest BCUT2D eigenvalue weighted by molar-refractivity contribution is 9.08. The van der Waals surface area contributed by atoms with Crippen LogP contribution in [0.1, 0.15) is 24.8 Å². The minimum atomic E-state index is 0.820. The van der Waals surface area contributed by atoms with Gasteiger partial charge in [-0.15, -0.1) is 0 Å². The molecular formula is C16H23BrN2. The van der Waals surface area contributed by atoms with Gasteiger partial charge in [0.2, 0.25) is 0 Å². The van der Waals surface area contributed by atoms with Gasteiger partial charge in [0.25, 0.3) is 0 Å². The lowest BCUT2D eigenvalue weighted by Crippen LogP contribution is -2.52. The van der Waals surface area contributed by atoms with E-state index < -0.39 is 0 Å². The van der Waals surface area contributed by atoms with Gasteiger partial charge in [-0.1, -0.05) is 34.1 Å². The Kier molecular flexibility index (Phi) is 4.13. The molecule has 0 aliphatic carbocycles. The van der Waals surface area contributed by atoms with Crippen molar-refractivity contribution in [2.45, 2.75) is 30.6 Å². The lowest BCUT2D eigenvalue weighted by Gasteiger charge is -2.47. The summed E-state index contributed by atoms with van der Waals surface area (Å²) in [5.74, 6) is 0.857. The van der Waals surface area contributed by atoms with Crippen LogP contribution in [0.3, 0.4) is 0 Å². The van der Waals surface area contributed by atoms with Gasteiger partial charge < -0.3 is 9.80 Å². The first-order chi connectivity index (χ1) is 9.29. The van der Waals surface area contributed by atoms with E-state index in [0.717, 1.165) is 17.3 Å². The highest BCUT2D eigenvalue weighted by Crippen LogP contribution is 2.33. The largest absolute Gasteiger partial charge is 0.371 e. The maximum Gasteiger partial charge on any atom is 0.0407 e. The first-order valence-electron chi connectivity index (χ1n) is 7.38. The van der Waals surface area contributed by atoms with E-state index in [-0.39, 0.29) is 0 Å². The highest BCUT2D eigenvalue weighted by atomic mass is 79.9. The van der Waals surface area contributed by atoms with Crippen LogP contribution in [0.15, 0.2) is 24.3 Å². The number of hydrogen-bond acceptors (Lipinski definition) is 2. The summed E-state index contributed by atoms with van der Waals surface area (Å²) in [6.07, 6.45) is 4.09. The predicted octanol–water partition coefficient (Wildman–Crippen LogP) is 3.50. The fourth-order valence-electron chi connectivity index (χ4n) is 3.80. The van der Waals surface area contributed by atoms with Gasteiger partial charge in [0.05, 0.1) is 0 Å². The Morgan fingerprint density at radius 3 is 2.89 bits per heavy atom. The molecule has 2 saturated heterocycles. The number of halogens is 1. The van der Waals surface area contributed by atoms with Crippen LogP contribution in [0.5, 0.6) is 0 Å². The average molecular weight is 323 g/mol. The smallest absolute Gasteiger partial charge is 0.0407 e. The Labute approximate surface area is 124 Å². The van der Waals surface area contributed by atoms with Crippen molar-refractivity contribution in [3.63, 3.8) is 0 Å². The van der Waals surface area contributed by atoms with Gasteiger partial charge in [0.1, 0.15) is 0 Å². The molecule has 2 nitrogen and oxygen atoms in total. The number of piperidine rings is 2. The molecule has 0 amide bonds. The molecule has 2 atom stereocenters. The van der Waals surface area contributed by atoms with Crippen LogP contribution < -0.4 is 4.90 Å². The lowest BCUT2D eigenvalue weighted by atomic mass is 9.84. The van der Waals surface area contributed by atoms with Crippen LogP contribution in [0.2, 0.25) is 0 Å². The molecule has 3 heteroatoms. The summed E-state index contributed by atoms with van der Waals surface area (Å²) >= 11 is 3.62. The van der Waals surface area contributed by atoms with Crippen molar-refractivity contribution < 1.29 is 0 Å². The van der Waals surface area contributed by atoms with Gasteiger partial charge in [-0.2, -0.15) is 0 Å². The minimum Gasteiger partial charge on any atom is -0.371 e. The third kappa shape index (κ3) is 2.68. The molecule has 0 N–H and O–H groups in total. The summed E-state index contributed by atoms with van der Waals surface area (Å²) in [5, 5.41) is 0.952. The van der Waals surface area contributed by atoms with E-state index >= 15 is 0 Å². The molecule has 19 heavy (non-hydrogen) atoms. The van der Waals surface area contributed by atoms with Gasteiger partial charge in [-0.3, -0.25) is 0 Å². The second kappa shape index (κ2) is 5.84. The number of fused-ring (bicyclic) bond motifs is 1. The zero-order valence-corrected chi connectivity index (χ0v) is 13.3. The predicted molar refractivity (Wildman–Crippen MR) is 85.0 cm³/mol. The summed E-state index contributed by atoms with van der Waals surface area (Å²) in [4.78, 5) is 5.19. The topological polar surface area (TPSA) is 6.48 Å². The summed E-state index contributed by atoms with van der Waals surface area (Å²) in [5.41, 5.74) is 2.86. The molecule has 3 rings (SSSR count). The molecule has 1 aromatic carbocycles. The normalized spacial score (nSPS) is 28.2. The van der Waals surface area contributed by atoms with E-state index in [1.807, 2.05) is 0 Å². The van der Waals surface area contributed by atoms with E-state index in [4.69, 9.17) is 0 Å². The SMILES string of the molecule is CN1CCCC2CN(c3ccccc3CBr)CCC21. The maximum absolute atomic E-state index is 3.62. The molecule has 2 aliphatic heterocycles. The van der Waals surface area contributed by atoms with Crippen LogP contribution in [-0.2, 0) is 5.33 Å².